The van der Waals surface area contributed by atoms with E-state index in [1.54, 1.807) is 19.1 Å². The Balaban J connectivity index is 2.62. The van der Waals surface area contributed by atoms with Crippen molar-refractivity contribution >= 4 is 17.5 Å². The van der Waals surface area contributed by atoms with Gasteiger partial charge in [0.15, 0.2) is 0 Å². The molecular formula is C12H15ClFNO. The average molecular weight is 244 g/mol. The maximum absolute atomic E-state index is 12.7. The number of carbonyl (C=O) groups is 1. The molecule has 0 aliphatic heterocycles. The number of nitrogens with one attached hydrogen (secondary N) is 1. The average Bonchev–Trinajstić information content (AvgIpc) is 2.28. The number of halogens is 2. The minimum Gasteiger partial charge on any atom is -0.349 e. The van der Waals surface area contributed by atoms with Crippen LogP contribution in [0.2, 0.25) is 0 Å². The Morgan fingerprint density at radius 3 is 2.44 bits per heavy atom. The summed E-state index contributed by atoms with van der Waals surface area (Å²) >= 11 is 5.59. The second kappa shape index (κ2) is 5.85. The van der Waals surface area contributed by atoms with E-state index in [4.69, 9.17) is 11.6 Å². The van der Waals surface area contributed by atoms with Gasteiger partial charge in [0.05, 0.1) is 6.04 Å². The highest BCUT2D eigenvalue weighted by Crippen LogP contribution is 2.13. The van der Waals surface area contributed by atoms with Crippen LogP contribution in [0, 0.1) is 11.7 Å². The van der Waals surface area contributed by atoms with Gasteiger partial charge in [-0.05, 0) is 24.6 Å². The number of alkyl halides is 1. The largest absolute Gasteiger partial charge is 0.349 e. The normalized spacial score (nSPS) is 14.2. The molecule has 1 amide bonds. The lowest BCUT2D eigenvalue weighted by molar-refractivity contribution is -0.124. The summed E-state index contributed by atoms with van der Waals surface area (Å²) in [6, 6.07) is 5.93. The molecule has 1 rings (SSSR count). The van der Waals surface area contributed by atoms with Gasteiger partial charge in [0.1, 0.15) is 5.82 Å². The van der Waals surface area contributed by atoms with Crippen molar-refractivity contribution in [1.29, 1.82) is 0 Å². The lowest BCUT2D eigenvalue weighted by atomic mass is 10.1. The molecule has 4 heteroatoms. The molecule has 1 N–H and O–H groups in total. The molecular weight excluding hydrogens is 229 g/mol. The molecule has 0 spiro atoms. The maximum Gasteiger partial charge on any atom is 0.224 e. The van der Waals surface area contributed by atoms with Crippen molar-refractivity contribution in [2.75, 3.05) is 5.88 Å². The quantitative estimate of drug-likeness (QED) is 0.810. The van der Waals surface area contributed by atoms with Crippen LogP contribution >= 0.6 is 11.6 Å². The molecule has 0 aliphatic carbocycles. The highest BCUT2D eigenvalue weighted by Gasteiger charge is 2.14. The number of hydrogen-bond acceptors (Lipinski definition) is 1. The van der Waals surface area contributed by atoms with E-state index >= 15 is 0 Å². The second-order valence-electron chi connectivity index (χ2n) is 3.84. The molecule has 0 bridgehead atoms. The van der Waals surface area contributed by atoms with Gasteiger partial charge < -0.3 is 5.32 Å². The van der Waals surface area contributed by atoms with Gasteiger partial charge in [-0.3, -0.25) is 4.79 Å². The zero-order valence-electron chi connectivity index (χ0n) is 9.34. The Labute approximate surface area is 99.8 Å². The van der Waals surface area contributed by atoms with Crippen molar-refractivity contribution in [2.45, 2.75) is 19.9 Å². The van der Waals surface area contributed by atoms with Gasteiger partial charge >= 0.3 is 0 Å². The molecule has 0 radical (unpaired) electrons. The SMILES string of the molecule is CC(CCl)C(=O)N[C@@H](C)c1ccc(F)cc1. The van der Waals surface area contributed by atoms with Crippen LogP contribution in [0.1, 0.15) is 25.5 Å². The molecule has 88 valence electrons. The lowest BCUT2D eigenvalue weighted by Crippen LogP contribution is -2.32. The van der Waals surface area contributed by atoms with Crippen LogP contribution in [0.3, 0.4) is 0 Å². The molecule has 0 aromatic heterocycles. The minimum atomic E-state index is -0.281. The fourth-order valence-electron chi connectivity index (χ4n) is 1.26. The van der Waals surface area contributed by atoms with Gasteiger partial charge in [-0.1, -0.05) is 19.1 Å². The third-order valence-electron chi connectivity index (χ3n) is 2.41. The molecule has 0 heterocycles. The molecule has 0 saturated carbocycles. The third kappa shape index (κ3) is 3.49. The van der Waals surface area contributed by atoms with E-state index in [0.717, 1.165) is 5.56 Å². The number of hydrogen-bond donors (Lipinski definition) is 1. The molecule has 1 unspecified atom stereocenters. The van der Waals surface area contributed by atoms with Gasteiger partial charge in [-0.25, -0.2) is 4.39 Å². The fraction of sp³-hybridized carbons (Fsp3) is 0.417. The van der Waals surface area contributed by atoms with Gasteiger partial charge in [0.2, 0.25) is 5.91 Å². The van der Waals surface area contributed by atoms with E-state index < -0.39 is 0 Å². The van der Waals surface area contributed by atoms with Crippen LogP contribution in [0.15, 0.2) is 24.3 Å². The first-order valence-corrected chi connectivity index (χ1v) is 5.70. The first-order chi connectivity index (χ1) is 7.54. The van der Waals surface area contributed by atoms with Crippen molar-refractivity contribution in [2.24, 2.45) is 5.92 Å². The van der Waals surface area contributed by atoms with Gasteiger partial charge in [0, 0.05) is 11.8 Å². The number of benzene rings is 1. The summed E-state index contributed by atoms with van der Waals surface area (Å²) in [6.45, 7) is 3.62. The van der Waals surface area contributed by atoms with E-state index in [-0.39, 0.29) is 23.7 Å². The summed E-state index contributed by atoms with van der Waals surface area (Å²) in [5.41, 5.74) is 0.872. The van der Waals surface area contributed by atoms with Gasteiger partial charge in [-0.15, -0.1) is 11.6 Å². The molecule has 1 aromatic rings. The first-order valence-electron chi connectivity index (χ1n) is 5.16. The molecule has 0 fully saturated rings. The molecule has 16 heavy (non-hydrogen) atoms. The zero-order chi connectivity index (χ0) is 12.1. The predicted octanol–water partition coefficient (Wildman–Crippen LogP) is 2.88. The molecule has 0 saturated heterocycles. The van der Waals surface area contributed by atoms with Crippen molar-refractivity contribution in [3.8, 4) is 0 Å². The van der Waals surface area contributed by atoms with Crippen LogP contribution in [0.5, 0.6) is 0 Å². The van der Waals surface area contributed by atoms with E-state index in [1.165, 1.54) is 12.1 Å². The van der Waals surface area contributed by atoms with E-state index in [0.29, 0.717) is 5.88 Å². The van der Waals surface area contributed by atoms with Gasteiger partial charge in [-0.2, -0.15) is 0 Å². The van der Waals surface area contributed by atoms with Crippen LogP contribution in [-0.2, 0) is 4.79 Å². The van der Waals surface area contributed by atoms with E-state index in [9.17, 15) is 9.18 Å². The Morgan fingerprint density at radius 2 is 1.94 bits per heavy atom. The third-order valence-corrected chi connectivity index (χ3v) is 2.87. The Kier molecular flexibility index (Phi) is 4.74. The van der Waals surface area contributed by atoms with Crippen LogP contribution in [0.4, 0.5) is 4.39 Å². The topological polar surface area (TPSA) is 29.1 Å². The summed E-state index contributed by atoms with van der Waals surface area (Å²) in [5.74, 6) is -0.296. The fourth-order valence-corrected chi connectivity index (χ4v) is 1.40. The summed E-state index contributed by atoms with van der Waals surface area (Å²) < 4.78 is 12.7. The standard InChI is InChI=1S/C12H15ClFNO/c1-8(7-13)12(16)15-9(2)10-3-5-11(14)6-4-10/h3-6,8-9H,7H2,1-2H3,(H,15,16)/t8?,9-/m0/s1. The summed E-state index contributed by atoms with van der Waals surface area (Å²) in [6.07, 6.45) is 0. The van der Waals surface area contributed by atoms with Crippen molar-refractivity contribution in [1.82, 2.24) is 5.32 Å². The number of carbonyl (C=O) groups excluding carboxylic acids is 1. The highest BCUT2D eigenvalue weighted by atomic mass is 35.5. The minimum absolute atomic E-state index is 0.0909. The summed E-state index contributed by atoms with van der Waals surface area (Å²) in [5, 5.41) is 2.82. The Morgan fingerprint density at radius 1 is 1.38 bits per heavy atom. The predicted molar refractivity (Wildman–Crippen MR) is 62.8 cm³/mol. The molecule has 2 atom stereocenters. The molecule has 0 aliphatic rings. The first kappa shape index (κ1) is 13.0. The monoisotopic (exact) mass is 243 g/mol. The number of rotatable bonds is 4. The molecule has 2 nitrogen and oxygen atoms in total. The van der Waals surface area contributed by atoms with Gasteiger partial charge in [0.25, 0.3) is 0 Å². The second-order valence-corrected chi connectivity index (χ2v) is 4.15. The summed E-state index contributed by atoms with van der Waals surface area (Å²) in [7, 11) is 0. The van der Waals surface area contributed by atoms with E-state index in [2.05, 4.69) is 5.32 Å². The molecule has 1 aromatic carbocycles. The highest BCUT2D eigenvalue weighted by molar-refractivity contribution is 6.19. The summed E-state index contributed by atoms with van der Waals surface area (Å²) in [4.78, 5) is 11.6. The Bertz CT molecular complexity index is 353. The van der Waals surface area contributed by atoms with Crippen LogP contribution < -0.4 is 5.32 Å². The van der Waals surface area contributed by atoms with Crippen LogP contribution in [-0.4, -0.2) is 11.8 Å². The Hall–Kier alpha value is -1.09. The smallest absolute Gasteiger partial charge is 0.224 e. The van der Waals surface area contributed by atoms with Crippen molar-refractivity contribution in [3.63, 3.8) is 0 Å². The van der Waals surface area contributed by atoms with E-state index in [1.807, 2.05) is 6.92 Å². The van der Waals surface area contributed by atoms with Crippen molar-refractivity contribution in [3.05, 3.63) is 35.6 Å². The zero-order valence-corrected chi connectivity index (χ0v) is 10.1. The lowest BCUT2D eigenvalue weighted by Gasteiger charge is -2.16. The van der Waals surface area contributed by atoms with Crippen LogP contribution in [0.25, 0.3) is 0 Å². The van der Waals surface area contributed by atoms with Crippen molar-refractivity contribution < 1.29 is 9.18 Å². The number of amides is 1. The maximum atomic E-state index is 12.7.